The van der Waals surface area contributed by atoms with E-state index in [1.807, 2.05) is 12.1 Å². The van der Waals surface area contributed by atoms with Gasteiger partial charge < -0.3 is 13.7 Å². The van der Waals surface area contributed by atoms with Crippen molar-refractivity contribution in [3.8, 4) is 0 Å². The summed E-state index contributed by atoms with van der Waals surface area (Å²) in [6.07, 6.45) is 2.49. The van der Waals surface area contributed by atoms with Crippen molar-refractivity contribution in [2.24, 2.45) is 0 Å². The lowest BCUT2D eigenvalue weighted by Gasteiger charge is -2.41. The van der Waals surface area contributed by atoms with Gasteiger partial charge in [0.1, 0.15) is 11.5 Å². The molecule has 0 unspecified atom stereocenters. The fourth-order valence-electron chi connectivity index (χ4n) is 2.40. The first-order valence-electron chi connectivity index (χ1n) is 7.28. The van der Waals surface area contributed by atoms with Crippen LogP contribution in [-0.2, 0) is 23.1 Å². The summed E-state index contributed by atoms with van der Waals surface area (Å²) in [6, 6.07) is 5.91. The Morgan fingerprint density at radius 1 is 1.33 bits per heavy atom. The van der Waals surface area contributed by atoms with Gasteiger partial charge in [0.15, 0.2) is 0 Å². The molecular formula is C16H22N2O3. The molecule has 0 aromatic carbocycles. The molecule has 0 aliphatic carbocycles. The minimum Gasteiger partial charge on any atom is -0.468 e. The van der Waals surface area contributed by atoms with Gasteiger partial charge in [-0.2, -0.15) is 0 Å². The Balaban J connectivity index is 1.65. The molecule has 1 N–H and O–H groups in total. The van der Waals surface area contributed by atoms with E-state index in [9.17, 15) is 0 Å². The zero-order valence-corrected chi connectivity index (χ0v) is 12.8. The Morgan fingerprint density at radius 2 is 2.14 bits per heavy atom. The van der Waals surface area contributed by atoms with Crippen LogP contribution in [0, 0.1) is 0 Å². The van der Waals surface area contributed by atoms with E-state index in [4.69, 9.17) is 13.7 Å². The third-order valence-corrected chi connectivity index (χ3v) is 3.79. The Kier molecular flexibility index (Phi) is 3.63. The quantitative estimate of drug-likeness (QED) is 0.917. The zero-order valence-electron chi connectivity index (χ0n) is 12.8. The molecule has 3 rings (SSSR count). The van der Waals surface area contributed by atoms with Crippen LogP contribution in [0.4, 0.5) is 0 Å². The molecule has 1 saturated heterocycles. The average Bonchev–Trinajstić information content (AvgIpc) is 3.03. The lowest BCUT2D eigenvalue weighted by Crippen LogP contribution is -2.61. The van der Waals surface area contributed by atoms with Gasteiger partial charge >= 0.3 is 0 Å². The molecule has 114 valence electrons. The summed E-state index contributed by atoms with van der Waals surface area (Å²) in [5, 5.41) is 7.73. The van der Waals surface area contributed by atoms with E-state index >= 15 is 0 Å². The third kappa shape index (κ3) is 3.19. The van der Waals surface area contributed by atoms with Crippen LogP contribution in [0.25, 0.3) is 0 Å². The molecule has 0 radical (unpaired) electrons. The smallest absolute Gasteiger partial charge is 0.142 e. The van der Waals surface area contributed by atoms with Crippen molar-refractivity contribution in [2.75, 3.05) is 13.2 Å². The molecule has 3 heterocycles. The molecule has 1 aliphatic rings. The SMILES string of the molecule is CC(C)(C)c1cc(CC2(NCc3ccco3)COC2)no1. The number of hydrogen-bond acceptors (Lipinski definition) is 5. The second-order valence-corrected chi connectivity index (χ2v) is 6.82. The predicted octanol–water partition coefficient (Wildman–Crippen LogP) is 2.67. The minimum absolute atomic E-state index is 0.0177. The van der Waals surface area contributed by atoms with Crippen molar-refractivity contribution >= 4 is 0 Å². The van der Waals surface area contributed by atoms with E-state index in [0.29, 0.717) is 19.8 Å². The summed E-state index contributed by atoms with van der Waals surface area (Å²) >= 11 is 0. The van der Waals surface area contributed by atoms with Crippen LogP contribution in [0.3, 0.4) is 0 Å². The highest BCUT2D eigenvalue weighted by Crippen LogP contribution is 2.27. The molecule has 0 atom stereocenters. The van der Waals surface area contributed by atoms with E-state index < -0.39 is 0 Å². The number of nitrogens with one attached hydrogen (secondary N) is 1. The monoisotopic (exact) mass is 290 g/mol. The Bertz CT molecular complexity index is 577. The van der Waals surface area contributed by atoms with Crippen molar-refractivity contribution in [2.45, 2.75) is 44.7 Å². The molecule has 1 fully saturated rings. The van der Waals surface area contributed by atoms with Gasteiger partial charge in [-0.25, -0.2) is 0 Å². The lowest BCUT2D eigenvalue weighted by molar-refractivity contribution is -0.0761. The van der Waals surface area contributed by atoms with Gasteiger partial charge in [0.05, 0.1) is 37.3 Å². The van der Waals surface area contributed by atoms with Crippen LogP contribution in [0.15, 0.2) is 33.4 Å². The summed E-state index contributed by atoms with van der Waals surface area (Å²) in [5.74, 6) is 1.84. The second kappa shape index (κ2) is 5.31. The molecule has 0 saturated carbocycles. The summed E-state index contributed by atoms with van der Waals surface area (Å²) in [6.45, 7) is 8.43. The van der Waals surface area contributed by atoms with Crippen LogP contribution in [0.2, 0.25) is 0 Å². The first-order valence-corrected chi connectivity index (χ1v) is 7.28. The maximum absolute atomic E-state index is 5.46. The Hall–Kier alpha value is -1.59. The molecular weight excluding hydrogens is 268 g/mol. The first-order chi connectivity index (χ1) is 9.97. The maximum Gasteiger partial charge on any atom is 0.142 e. The molecule has 0 spiro atoms. The van der Waals surface area contributed by atoms with Crippen LogP contribution in [0.5, 0.6) is 0 Å². The fourth-order valence-corrected chi connectivity index (χ4v) is 2.40. The van der Waals surface area contributed by atoms with Gasteiger partial charge in [-0.3, -0.25) is 5.32 Å². The lowest BCUT2D eigenvalue weighted by atomic mass is 9.89. The van der Waals surface area contributed by atoms with Gasteiger partial charge in [0, 0.05) is 17.9 Å². The number of aromatic nitrogens is 1. The van der Waals surface area contributed by atoms with E-state index in [0.717, 1.165) is 23.6 Å². The second-order valence-electron chi connectivity index (χ2n) is 6.82. The van der Waals surface area contributed by atoms with E-state index in [1.54, 1.807) is 6.26 Å². The van der Waals surface area contributed by atoms with Gasteiger partial charge in [-0.1, -0.05) is 25.9 Å². The number of furan rings is 1. The van der Waals surface area contributed by atoms with Gasteiger partial charge in [-0.15, -0.1) is 0 Å². The number of ether oxygens (including phenoxy) is 1. The number of hydrogen-bond donors (Lipinski definition) is 1. The highest BCUT2D eigenvalue weighted by atomic mass is 16.5. The topological polar surface area (TPSA) is 60.4 Å². The zero-order chi connectivity index (χ0) is 14.9. The largest absolute Gasteiger partial charge is 0.468 e. The van der Waals surface area contributed by atoms with Gasteiger partial charge in [0.25, 0.3) is 0 Å². The third-order valence-electron chi connectivity index (χ3n) is 3.79. The molecule has 2 aromatic heterocycles. The summed E-state index contributed by atoms with van der Waals surface area (Å²) in [5.41, 5.74) is 0.879. The number of rotatable bonds is 5. The predicted molar refractivity (Wildman–Crippen MR) is 78.0 cm³/mol. The van der Waals surface area contributed by atoms with Crippen molar-refractivity contribution in [1.29, 1.82) is 0 Å². The Morgan fingerprint density at radius 3 is 2.67 bits per heavy atom. The van der Waals surface area contributed by atoms with Crippen LogP contribution in [-0.4, -0.2) is 23.9 Å². The minimum atomic E-state index is -0.0706. The molecule has 0 bridgehead atoms. The maximum atomic E-state index is 5.46. The van der Waals surface area contributed by atoms with Crippen molar-refractivity contribution in [1.82, 2.24) is 10.5 Å². The van der Waals surface area contributed by atoms with Gasteiger partial charge in [0.2, 0.25) is 0 Å². The summed E-state index contributed by atoms with van der Waals surface area (Å²) < 4.78 is 16.2. The van der Waals surface area contributed by atoms with Crippen LogP contribution in [0.1, 0.15) is 38.0 Å². The fraction of sp³-hybridized carbons (Fsp3) is 0.562. The molecule has 1 aliphatic heterocycles. The number of nitrogens with zero attached hydrogens (tertiary/aromatic N) is 1. The van der Waals surface area contributed by atoms with E-state index in [1.165, 1.54) is 0 Å². The van der Waals surface area contributed by atoms with E-state index in [2.05, 4.69) is 37.3 Å². The first kappa shape index (κ1) is 14.4. The molecule has 2 aromatic rings. The molecule has 21 heavy (non-hydrogen) atoms. The standard InChI is InChI=1S/C16H22N2O3/c1-15(2,3)14-7-12(18-21-14)8-16(10-19-11-16)17-9-13-5-4-6-20-13/h4-7,17H,8-11H2,1-3H3. The summed E-state index contributed by atoms with van der Waals surface area (Å²) in [4.78, 5) is 0. The van der Waals surface area contributed by atoms with Crippen molar-refractivity contribution in [3.63, 3.8) is 0 Å². The summed E-state index contributed by atoms with van der Waals surface area (Å²) in [7, 11) is 0. The molecule has 5 heteroatoms. The highest BCUT2D eigenvalue weighted by Gasteiger charge is 2.39. The molecule has 5 nitrogen and oxygen atoms in total. The van der Waals surface area contributed by atoms with Crippen molar-refractivity contribution in [3.05, 3.63) is 41.7 Å². The van der Waals surface area contributed by atoms with Crippen LogP contribution < -0.4 is 5.32 Å². The molecule has 0 amide bonds. The van der Waals surface area contributed by atoms with Gasteiger partial charge in [-0.05, 0) is 12.1 Å². The highest BCUT2D eigenvalue weighted by molar-refractivity contribution is 5.17. The normalized spacial score (nSPS) is 17.7. The van der Waals surface area contributed by atoms with Crippen molar-refractivity contribution < 1.29 is 13.7 Å². The van der Waals surface area contributed by atoms with E-state index in [-0.39, 0.29) is 11.0 Å². The average molecular weight is 290 g/mol. The Labute approximate surface area is 124 Å². The van der Waals surface area contributed by atoms with Crippen LogP contribution >= 0.6 is 0 Å².